The maximum Gasteiger partial charge on any atom is 0.258 e. The van der Waals surface area contributed by atoms with Crippen LogP contribution in [0.15, 0.2) is 53.3 Å². The summed E-state index contributed by atoms with van der Waals surface area (Å²) in [4.78, 5) is 49.2. The summed E-state index contributed by atoms with van der Waals surface area (Å²) in [6.07, 6.45) is 0. The fraction of sp³-hybridized carbons (Fsp3) is 0.304. The molecule has 0 radical (unpaired) electrons. The zero-order valence-corrected chi connectivity index (χ0v) is 17.8. The first-order valence-electron chi connectivity index (χ1n) is 10.2. The molecule has 8 nitrogen and oxygen atoms in total. The van der Waals surface area contributed by atoms with Crippen LogP contribution in [0.3, 0.4) is 0 Å². The van der Waals surface area contributed by atoms with E-state index in [1.54, 1.807) is 43.0 Å². The number of carbonyl (C=O) groups is 2. The zero-order chi connectivity index (χ0) is 22.2. The summed E-state index contributed by atoms with van der Waals surface area (Å²) < 4.78 is 0. The number of hydrogen-bond acceptors (Lipinski definition) is 5. The lowest BCUT2D eigenvalue weighted by Gasteiger charge is -2.42. The summed E-state index contributed by atoms with van der Waals surface area (Å²) in [5.74, 6) is 0.0646. The SMILES string of the molecule is CCN(CC(=O)N1c2ccccc2NC(=O)C1(C)C)Cc1nc2ccccc2c(=O)[nH]1. The lowest BCUT2D eigenvalue weighted by atomic mass is 9.96. The number of benzene rings is 2. The van der Waals surface area contributed by atoms with Crippen LogP contribution in [0.1, 0.15) is 26.6 Å². The molecule has 2 N–H and O–H groups in total. The summed E-state index contributed by atoms with van der Waals surface area (Å²) in [6.45, 7) is 6.37. The first kappa shape index (κ1) is 20.7. The van der Waals surface area contributed by atoms with Gasteiger partial charge in [-0.2, -0.15) is 0 Å². The van der Waals surface area contributed by atoms with Gasteiger partial charge in [0.25, 0.3) is 5.56 Å². The molecule has 2 aromatic carbocycles. The number of fused-ring (bicyclic) bond motifs is 2. The van der Waals surface area contributed by atoms with Crippen molar-refractivity contribution in [2.24, 2.45) is 0 Å². The van der Waals surface area contributed by atoms with Crippen LogP contribution >= 0.6 is 0 Å². The van der Waals surface area contributed by atoms with Crippen molar-refractivity contribution < 1.29 is 9.59 Å². The van der Waals surface area contributed by atoms with Crippen molar-refractivity contribution in [1.82, 2.24) is 14.9 Å². The van der Waals surface area contributed by atoms with Gasteiger partial charge in [0.15, 0.2) is 0 Å². The molecule has 4 rings (SSSR count). The van der Waals surface area contributed by atoms with Crippen molar-refractivity contribution in [3.05, 3.63) is 64.7 Å². The molecular formula is C23H25N5O3. The molecule has 31 heavy (non-hydrogen) atoms. The number of aromatic amines is 1. The number of nitrogens with zero attached hydrogens (tertiary/aromatic N) is 3. The average molecular weight is 419 g/mol. The van der Waals surface area contributed by atoms with E-state index in [4.69, 9.17) is 0 Å². The van der Waals surface area contributed by atoms with Gasteiger partial charge in [-0.3, -0.25) is 24.2 Å². The van der Waals surface area contributed by atoms with Gasteiger partial charge in [-0.1, -0.05) is 31.2 Å². The van der Waals surface area contributed by atoms with E-state index in [9.17, 15) is 14.4 Å². The maximum absolute atomic E-state index is 13.4. The minimum atomic E-state index is -1.03. The topological polar surface area (TPSA) is 98.4 Å². The minimum absolute atomic E-state index is 0.0814. The van der Waals surface area contributed by atoms with E-state index in [2.05, 4.69) is 15.3 Å². The van der Waals surface area contributed by atoms with Crippen molar-refractivity contribution in [2.45, 2.75) is 32.9 Å². The first-order chi connectivity index (χ1) is 14.8. The monoisotopic (exact) mass is 419 g/mol. The van der Waals surface area contributed by atoms with Crippen molar-refractivity contribution >= 4 is 34.1 Å². The lowest BCUT2D eigenvalue weighted by molar-refractivity contribution is -0.127. The largest absolute Gasteiger partial charge is 0.322 e. The minimum Gasteiger partial charge on any atom is -0.322 e. The molecule has 0 fully saturated rings. The summed E-state index contributed by atoms with van der Waals surface area (Å²) in [5, 5.41) is 3.40. The molecule has 8 heteroatoms. The van der Waals surface area contributed by atoms with Crippen LogP contribution in [0.5, 0.6) is 0 Å². The highest BCUT2D eigenvalue weighted by atomic mass is 16.2. The fourth-order valence-corrected chi connectivity index (χ4v) is 3.86. The van der Waals surface area contributed by atoms with Crippen LogP contribution in [0.25, 0.3) is 10.9 Å². The zero-order valence-electron chi connectivity index (χ0n) is 17.8. The van der Waals surface area contributed by atoms with Crippen LogP contribution < -0.4 is 15.8 Å². The standard InChI is InChI=1S/C23H25N5O3/c1-4-27(13-19-24-16-10-6-5-9-15(16)21(30)26-19)14-20(29)28-18-12-8-7-11-17(18)25-22(31)23(28,2)3/h5-12H,4,13-14H2,1-3H3,(H,25,31)(H,24,26,30). The summed E-state index contributed by atoms with van der Waals surface area (Å²) in [6, 6.07) is 14.4. The molecule has 0 bridgehead atoms. The Balaban J connectivity index is 1.60. The number of likely N-dealkylation sites (N-methyl/N-ethyl adjacent to an activating group) is 1. The van der Waals surface area contributed by atoms with E-state index >= 15 is 0 Å². The van der Waals surface area contributed by atoms with Gasteiger partial charge in [0.05, 0.1) is 35.4 Å². The Labute approximate surface area is 179 Å². The highest BCUT2D eigenvalue weighted by molar-refractivity contribution is 6.14. The maximum atomic E-state index is 13.4. The second-order valence-electron chi connectivity index (χ2n) is 8.09. The molecule has 1 aliphatic rings. The Hall–Kier alpha value is -3.52. The Kier molecular flexibility index (Phi) is 5.32. The van der Waals surface area contributed by atoms with Gasteiger partial charge < -0.3 is 10.3 Å². The van der Waals surface area contributed by atoms with Gasteiger partial charge in [-0.25, -0.2) is 4.98 Å². The molecule has 0 aliphatic carbocycles. The molecule has 1 aliphatic heterocycles. The smallest absolute Gasteiger partial charge is 0.258 e. The summed E-state index contributed by atoms with van der Waals surface area (Å²) >= 11 is 0. The Morgan fingerprint density at radius 2 is 1.81 bits per heavy atom. The van der Waals surface area contributed by atoms with Crippen LogP contribution in [-0.2, 0) is 16.1 Å². The van der Waals surface area contributed by atoms with E-state index in [-0.39, 0.29) is 23.9 Å². The van der Waals surface area contributed by atoms with E-state index < -0.39 is 5.54 Å². The number of hydrogen-bond donors (Lipinski definition) is 2. The third-order valence-corrected chi connectivity index (χ3v) is 5.60. The Morgan fingerprint density at radius 1 is 1.10 bits per heavy atom. The van der Waals surface area contributed by atoms with Gasteiger partial charge in [0.1, 0.15) is 11.4 Å². The number of H-pyrrole nitrogens is 1. The van der Waals surface area contributed by atoms with Gasteiger partial charge in [-0.05, 0) is 44.7 Å². The molecule has 2 heterocycles. The van der Waals surface area contributed by atoms with Gasteiger partial charge in [0.2, 0.25) is 11.8 Å². The Morgan fingerprint density at radius 3 is 2.58 bits per heavy atom. The highest BCUT2D eigenvalue weighted by Crippen LogP contribution is 2.36. The van der Waals surface area contributed by atoms with Crippen LogP contribution in [0, 0.1) is 0 Å². The summed E-state index contributed by atoms with van der Waals surface area (Å²) in [5.41, 5.74) is 0.673. The van der Waals surface area contributed by atoms with E-state index in [0.717, 1.165) is 0 Å². The van der Waals surface area contributed by atoms with Gasteiger partial charge in [-0.15, -0.1) is 0 Å². The van der Waals surface area contributed by atoms with Crippen molar-refractivity contribution in [3.8, 4) is 0 Å². The molecule has 0 saturated carbocycles. The number of carbonyl (C=O) groups excluding carboxylic acids is 2. The van der Waals surface area contributed by atoms with Gasteiger partial charge >= 0.3 is 0 Å². The number of anilines is 2. The fourth-order valence-electron chi connectivity index (χ4n) is 3.86. The van der Waals surface area contributed by atoms with Crippen molar-refractivity contribution in [3.63, 3.8) is 0 Å². The second-order valence-corrected chi connectivity index (χ2v) is 8.09. The number of rotatable bonds is 5. The van der Waals surface area contributed by atoms with E-state index in [1.807, 2.05) is 36.1 Å². The normalized spacial score (nSPS) is 15.1. The van der Waals surface area contributed by atoms with E-state index in [0.29, 0.717) is 41.2 Å². The number of nitrogens with one attached hydrogen (secondary N) is 2. The predicted molar refractivity (Wildman–Crippen MR) is 120 cm³/mol. The van der Waals surface area contributed by atoms with Crippen LogP contribution in [0.2, 0.25) is 0 Å². The molecule has 2 amide bonds. The van der Waals surface area contributed by atoms with Crippen LogP contribution in [-0.4, -0.2) is 45.3 Å². The molecule has 1 aromatic heterocycles. The first-order valence-corrected chi connectivity index (χ1v) is 10.2. The average Bonchev–Trinajstić information content (AvgIpc) is 2.74. The van der Waals surface area contributed by atoms with Crippen molar-refractivity contribution in [2.75, 3.05) is 23.3 Å². The highest BCUT2D eigenvalue weighted by Gasteiger charge is 2.43. The van der Waals surface area contributed by atoms with Gasteiger partial charge in [0, 0.05) is 0 Å². The Bertz CT molecular complexity index is 1220. The number of aromatic nitrogens is 2. The molecule has 0 unspecified atom stereocenters. The number of amides is 2. The molecule has 3 aromatic rings. The molecule has 160 valence electrons. The predicted octanol–water partition coefficient (Wildman–Crippen LogP) is 2.51. The molecule has 0 atom stereocenters. The third-order valence-electron chi connectivity index (χ3n) is 5.60. The third kappa shape index (κ3) is 3.82. The molecule has 0 saturated heterocycles. The lowest BCUT2D eigenvalue weighted by Crippen LogP contribution is -2.60. The summed E-state index contributed by atoms with van der Waals surface area (Å²) in [7, 11) is 0. The van der Waals surface area contributed by atoms with E-state index in [1.165, 1.54) is 0 Å². The second kappa shape index (κ2) is 7.96. The quantitative estimate of drug-likeness (QED) is 0.662. The van der Waals surface area contributed by atoms with Crippen LogP contribution in [0.4, 0.5) is 11.4 Å². The molecular weight excluding hydrogens is 394 g/mol. The van der Waals surface area contributed by atoms with Crippen molar-refractivity contribution in [1.29, 1.82) is 0 Å². The number of para-hydroxylation sites is 3. The molecule has 0 spiro atoms.